The molecule has 2 rings (SSSR count). The first kappa shape index (κ1) is 11.0. The van der Waals surface area contributed by atoms with Crippen LogP contribution in [0.25, 0.3) is 0 Å². The molecule has 1 aromatic heterocycles. The molecule has 0 aliphatic carbocycles. The van der Waals surface area contributed by atoms with Crippen molar-refractivity contribution in [3.8, 4) is 0 Å². The lowest BCUT2D eigenvalue weighted by atomic mass is 10.2. The summed E-state index contributed by atoms with van der Waals surface area (Å²) in [6, 6.07) is 0.691. The van der Waals surface area contributed by atoms with Gasteiger partial charge in [0.2, 0.25) is 0 Å². The third-order valence-electron chi connectivity index (χ3n) is 2.83. The fourth-order valence-corrected chi connectivity index (χ4v) is 2.78. The van der Waals surface area contributed by atoms with Crippen LogP contribution in [0.1, 0.15) is 17.1 Å². The lowest BCUT2D eigenvalue weighted by Gasteiger charge is -2.11. The molecule has 4 heteroatoms. The smallest absolute Gasteiger partial charge is 0.0940 e. The Morgan fingerprint density at radius 2 is 2.53 bits per heavy atom. The Kier molecular flexibility index (Phi) is 3.72. The van der Waals surface area contributed by atoms with Crippen LogP contribution in [0.4, 0.5) is 0 Å². The van der Waals surface area contributed by atoms with Gasteiger partial charge in [0.1, 0.15) is 0 Å². The van der Waals surface area contributed by atoms with Crippen molar-refractivity contribution in [1.29, 1.82) is 0 Å². The molecule has 0 aromatic carbocycles. The minimum atomic E-state index is 0.691. The van der Waals surface area contributed by atoms with Crippen LogP contribution in [0.15, 0.2) is 5.38 Å². The molecule has 1 fully saturated rings. The lowest BCUT2D eigenvalue weighted by Crippen LogP contribution is -2.32. The second-order valence-corrected chi connectivity index (χ2v) is 5.28. The summed E-state index contributed by atoms with van der Waals surface area (Å²) in [5.41, 5.74) is 1.15. The molecule has 2 heterocycles. The van der Waals surface area contributed by atoms with E-state index in [-0.39, 0.29) is 0 Å². The molecule has 1 aliphatic rings. The molecule has 1 aliphatic heterocycles. The van der Waals surface area contributed by atoms with Crippen LogP contribution < -0.4 is 5.32 Å². The molecule has 0 spiro atoms. The fraction of sp³-hybridized carbons (Fsp3) is 0.727. The van der Waals surface area contributed by atoms with E-state index in [1.807, 2.05) is 0 Å². The van der Waals surface area contributed by atoms with Crippen LogP contribution in [0, 0.1) is 6.92 Å². The summed E-state index contributed by atoms with van der Waals surface area (Å²) in [6.45, 7) is 5.54. The van der Waals surface area contributed by atoms with E-state index in [2.05, 4.69) is 34.6 Å². The van der Waals surface area contributed by atoms with Gasteiger partial charge >= 0.3 is 0 Å². The van der Waals surface area contributed by atoms with Crippen molar-refractivity contribution in [2.45, 2.75) is 25.8 Å². The van der Waals surface area contributed by atoms with E-state index in [1.165, 1.54) is 24.5 Å². The molecule has 1 aromatic rings. The highest BCUT2D eigenvalue weighted by molar-refractivity contribution is 7.09. The van der Waals surface area contributed by atoms with Gasteiger partial charge in [-0.25, -0.2) is 4.98 Å². The standard InChI is InChI=1S/C11H19N3S/c1-9-8-15-11(13-9)3-5-12-10-4-6-14(2)7-10/h8,10,12H,3-7H2,1-2H3. The van der Waals surface area contributed by atoms with Crippen molar-refractivity contribution < 1.29 is 0 Å². The van der Waals surface area contributed by atoms with Crippen molar-refractivity contribution in [2.75, 3.05) is 26.7 Å². The molecule has 1 unspecified atom stereocenters. The Labute approximate surface area is 95.5 Å². The molecule has 0 amide bonds. The highest BCUT2D eigenvalue weighted by atomic mass is 32.1. The van der Waals surface area contributed by atoms with Crippen LogP contribution in [0.2, 0.25) is 0 Å². The van der Waals surface area contributed by atoms with E-state index in [9.17, 15) is 0 Å². The first-order valence-electron chi connectivity index (χ1n) is 5.57. The van der Waals surface area contributed by atoms with Gasteiger partial charge in [-0.05, 0) is 26.9 Å². The Morgan fingerprint density at radius 3 is 3.13 bits per heavy atom. The summed E-state index contributed by atoms with van der Waals surface area (Å²) in [4.78, 5) is 6.84. The van der Waals surface area contributed by atoms with Crippen molar-refractivity contribution in [1.82, 2.24) is 15.2 Å². The molecule has 1 atom stereocenters. The van der Waals surface area contributed by atoms with Crippen LogP contribution in [0.5, 0.6) is 0 Å². The molecule has 0 bridgehead atoms. The molecule has 84 valence electrons. The molecule has 0 radical (unpaired) electrons. The maximum absolute atomic E-state index is 4.46. The quantitative estimate of drug-likeness (QED) is 0.837. The number of hydrogen-bond acceptors (Lipinski definition) is 4. The normalized spacial score (nSPS) is 22.4. The van der Waals surface area contributed by atoms with E-state index >= 15 is 0 Å². The zero-order valence-electron chi connectivity index (χ0n) is 9.49. The average molecular weight is 225 g/mol. The number of likely N-dealkylation sites (tertiary alicyclic amines) is 1. The topological polar surface area (TPSA) is 28.2 Å². The van der Waals surface area contributed by atoms with Crippen LogP contribution >= 0.6 is 11.3 Å². The summed E-state index contributed by atoms with van der Waals surface area (Å²) in [7, 11) is 2.19. The zero-order valence-corrected chi connectivity index (χ0v) is 10.3. The first-order chi connectivity index (χ1) is 7.24. The summed E-state index contributed by atoms with van der Waals surface area (Å²) >= 11 is 1.77. The molecular weight excluding hydrogens is 206 g/mol. The Balaban J connectivity index is 1.67. The van der Waals surface area contributed by atoms with Gasteiger partial charge in [0.05, 0.1) is 5.01 Å². The predicted molar refractivity (Wildman–Crippen MR) is 64.5 cm³/mol. The number of aromatic nitrogens is 1. The van der Waals surface area contributed by atoms with Gasteiger partial charge in [0.15, 0.2) is 0 Å². The van der Waals surface area contributed by atoms with E-state index in [4.69, 9.17) is 0 Å². The van der Waals surface area contributed by atoms with Gasteiger partial charge < -0.3 is 10.2 Å². The van der Waals surface area contributed by atoms with Gasteiger partial charge in [-0.15, -0.1) is 11.3 Å². The number of rotatable bonds is 4. The van der Waals surface area contributed by atoms with Gasteiger partial charge in [0.25, 0.3) is 0 Å². The van der Waals surface area contributed by atoms with Gasteiger partial charge in [-0.3, -0.25) is 0 Å². The molecule has 3 nitrogen and oxygen atoms in total. The van der Waals surface area contributed by atoms with Gasteiger partial charge in [-0.1, -0.05) is 0 Å². The third-order valence-corrected chi connectivity index (χ3v) is 3.86. The fourth-order valence-electron chi connectivity index (χ4n) is 2.00. The highest BCUT2D eigenvalue weighted by Gasteiger charge is 2.18. The van der Waals surface area contributed by atoms with Crippen molar-refractivity contribution >= 4 is 11.3 Å². The third kappa shape index (κ3) is 3.26. The number of hydrogen-bond donors (Lipinski definition) is 1. The SMILES string of the molecule is Cc1csc(CCNC2CCN(C)C2)n1. The first-order valence-corrected chi connectivity index (χ1v) is 6.45. The van der Waals surface area contributed by atoms with Crippen LogP contribution in [-0.4, -0.2) is 42.6 Å². The second-order valence-electron chi connectivity index (χ2n) is 4.33. The van der Waals surface area contributed by atoms with E-state index in [0.717, 1.165) is 18.7 Å². The summed E-state index contributed by atoms with van der Waals surface area (Å²) in [6.07, 6.45) is 2.35. The summed E-state index contributed by atoms with van der Waals surface area (Å²) in [5, 5.41) is 6.97. The van der Waals surface area contributed by atoms with E-state index in [0.29, 0.717) is 6.04 Å². The predicted octanol–water partition coefficient (Wildman–Crippen LogP) is 1.29. The van der Waals surface area contributed by atoms with E-state index < -0.39 is 0 Å². The van der Waals surface area contributed by atoms with Crippen molar-refractivity contribution in [3.63, 3.8) is 0 Å². The molecule has 1 saturated heterocycles. The Morgan fingerprint density at radius 1 is 1.67 bits per heavy atom. The van der Waals surface area contributed by atoms with Crippen LogP contribution in [0.3, 0.4) is 0 Å². The summed E-state index contributed by atoms with van der Waals surface area (Å²) < 4.78 is 0. The summed E-state index contributed by atoms with van der Waals surface area (Å²) in [5.74, 6) is 0. The number of nitrogens with one attached hydrogen (secondary N) is 1. The molecule has 0 saturated carbocycles. The Bertz CT molecular complexity index is 311. The number of nitrogens with zero attached hydrogens (tertiary/aromatic N) is 2. The second kappa shape index (κ2) is 5.05. The minimum Gasteiger partial charge on any atom is -0.312 e. The minimum absolute atomic E-state index is 0.691. The average Bonchev–Trinajstić information content (AvgIpc) is 2.76. The number of thiazole rings is 1. The van der Waals surface area contributed by atoms with E-state index in [1.54, 1.807) is 11.3 Å². The maximum Gasteiger partial charge on any atom is 0.0940 e. The number of likely N-dealkylation sites (N-methyl/N-ethyl adjacent to an activating group) is 1. The highest BCUT2D eigenvalue weighted by Crippen LogP contribution is 2.10. The lowest BCUT2D eigenvalue weighted by molar-refractivity contribution is 0.398. The van der Waals surface area contributed by atoms with Crippen molar-refractivity contribution in [2.24, 2.45) is 0 Å². The van der Waals surface area contributed by atoms with Gasteiger partial charge in [0, 0.05) is 36.6 Å². The maximum atomic E-state index is 4.46. The monoisotopic (exact) mass is 225 g/mol. The van der Waals surface area contributed by atoms with Crippen molar-refractivity contribution in [3.05, 3.63) is 16.1 Å². The molecule has 1 N–H and O–H groups in total. The van der Waals surface area contributed by atoms with Gasteiger partial charge in [-0.2, -0.15) is 0 Å². The molecule has 15 heavy (non-hydrogen) atoms. The zero-order chi connectivity index (χ0) is 10.7. The largest absolute Gasteiger partial charge is 0.312 e. The Hall–Kier alpha value is -0.450. The van der Waals surface area contributed by atoms with Crippen LogP contribution in [-0.2, 0) is 6.42 Å². The molecular formula is C11H19N3S. The number of aryl methyl sites for hydroxylation is 1.